The van der Waals surface area contributed by atoms with E-state index in [1.165, 1.54) is 0 Å². The lowest BCUT2D eigenvalue weighted by atomic mass is 10.1. The minimum atomic E-state index is -0.807. The van der Waals surface area contributed by atoms with Crippen molar-refractivity contribution in [1.82, 2.24) is 4.98 Å². The van der Waals surface area contributed by atoms with Crippen LogP contribution in [-0.2, 0) is 4.74 Å². The first kappa shape index (κ1) is 13.1. The van der Waals surface area contributed by atoms with Crippen molar-refractivity contribution >= 4 is 11.8 Å². The van der Waals surface area contributed by atoms with Gasteiger partial charge in [0, 0.05) is 11.8 Å². The second kappa shape index (κ2) is 5.52. The van der Waals surface area contributed by atoms with Gasteiger partial charge in [-0.2, -0.15) is 0 Å². The SMILES string of the molecule is Cc1ccc(C(=O)[C@@H](C)OC(=O)c2ccc[nH]2)cc1. The molecule has 0 aliphatic carbocycles. The van der Waals surface area contributed by atoms with Gasteiger partial charge < -0.3 is 9.72 Å². The number of H-pyrrole nitrogens is 1. The molecular formula is C15H15NO3. The summed E-state index contributed by atoms with van der Waals surface area (Å²) in [6, 6.07) is 10.5. The molecule has 4 nitrogen and oxygen atoms in total. The van der Waals surface area contributed by atoms with Crippen LogP contribution >= 0.6 is 0 Å². The Balaban J connectivity index is 2.03. The largest absolute Gasteiger partial charge is 0.450 e. The molecule has 1 heterocycles. The Bertz CT molecular complexity index is 570. The number of Topliss-reactive ketones (excluding diaryl/α,β-unsaturated/α-hetero) is 1. The maximum absolute atomic E-state index is 12.1. The fourth-order valence-corrected chi connectivity index (χ4v) is 1.69. The Hall–Kier alpha value is -2.36. The highest BCUT2D eigenvalue weighted by Crippen LogP contribution is 2.10. The number of rotatable bonds is 4. The molecular weight excluding hydrogens is 242 g/mol. The quantitative estimate of drug-likeness (QED) is 0.676. The number of esters is 1. The van der Waals surface area contributed by atoms with E-state index < -0.39 is 12.1 Å². The average molecular weight is 257 g/mol. The molecule has 19 heavy (non-hydrogen) atoms. The van der Waals surface area contributed by atoms with E-state index in [1.807, 2.05) is 19.1 Å². The molecule has 1 aromatic carbocycles. The highest BCUT2D eigenvalue weighted by molar-refractivity contribution is 6.01. The minimum Gasteiger partial charge on any atom is -0.450 e. The number of aryl methyl sites for hydroxylation is 1. The number of aromatic nitrogens is 1. The molecule has 98 valence electrons. The van der Waals surface area contributed by atoms with E-state index in [-0.39, 0.29) is 5.78 Å². The third kappa shape index (κ3) is 3.10. The molecule has 1 aromatic heterocycles. The van der Waals surface area contributed by atoms with Crippen LogP contribution in [0.5, 0.6) is 0 Å². The third-order valence-corrected chi connectivity index (χ3v) is 2.81. The van der Waals surface area contributed by atoms with Crippen molar-refractivity contribution in [3.05, 3.63) is 59.4 Å². The van der Waals surface area contributed by atoms with E-state index in [9.17, 15) is 9.59 Å². The van der Waals surface area contributed by atoms with Crippen LogP contribution in [0, 0.1) is 6.92 Å². The van der Waals surface area contributed by atoms with E-state index in [2.05, 4.69) is 4.98 Å². The van der Waals surface area contributed by atoms with Gasteiger partial charge in [-0.1, -0.05) is 29.8 Å². The van der Waals surface area contributed by atoms with Crippen LogP contribution in [0.3, 0.4) is 0 Å². The molecule has 0 spiro atoms. The standard InChI is InChI=1S/C15H15NO3/c1-10-5-7-12(8-6-10)14(17)11(2)19-15(18)13-4-3-9-16-13/h3-9,11,16H,1-2H3/t11-/m1/s1. The maximum atomic E-state index is 12.1. The van der Waals surface area contributed by atoms with Crippen molar-refractivity contribution in [2.24, 2.45) is 0 Å². The maximum Gasteiger partial charge on any atom is 0.355 e. The second-order valence-electron chi connectivity index (χ2n) is 4.36. The van der Waals surface area contributed by atoms with Gasteiger partial charge in [0.05, 0.1) is 0 Å². The van der Waals surface area contributed by atoms with E-state index in [1.54, 1.807) is 37.4 Å². The molecule has 0 fully saturated rings. The van der Waals surface area contributed by atoms with Gasteiger partial charge in [-0.15, -0.1) is 0 Å². The van der Waals surface area contributed by atoms with E-state index in [0.29, 0.717) is 11.3 Å². The highest BCUT2D eigenvalue weighted by atomic mass is 16.5. The number of aromatic amines is 1. The molecule has 0 radical (unpaired) electrons. The van der Waals surface area contributed by atoms with E-state index >= 15 is 0 Å². The fraction of sp³-hybridized carbons (Fsp3) is 0.200. The number of carbonyl (C=O) groups excluding carboxylic acids is 2. The number of hydrogen-bond acceptors (Lipinski definition) is 3. The number of nitrogens with one attached hydrogen (secondary N) is 1. The summed E-state index contributed by atoms with van der Waals surface area (Å²) in [5, 5.41) is 0. The molecule has 0 saturated carbocycles. The van der Waals surface area contributed by atoms with Crippen molar-refractivity contribution in [2.75, 3.05) is 0 Å². The number of carbonyl (C=O) groups is 2. The van der Waals surface area contributed by atoms with Crippen molar-refractivity contribution in [1.29, 1.82) is 0 Å². The van der Waals surface area contributed by atoms with Crippen LogP contribution in [0.25, 0.3) is 0 Å². The Morgan fingerprint density at radius 1 is 1.16 bits per heavy atom. The lowest BCUT2D eigenvalue weighted by molar-refractivity contribution is 0.0314. The summed E-state index contributed by atoms with van der Waals surface area (Å²) >= 11 is 0. The van der Waals surface area contributed by atoms with Crippen molar-refractivity contribution < 1.29 is 14.3 Å². The third-order valence-electron chi connectivity index (χ3n) is 2.81. The summed E-state index contributed by atoms with van der Waals surface area (Å²) in [4.78, 5) is 26.5. The summed E-state index contributed by atoms with van der Waals surface area (Å²) in [5.74, 6) is -0.738. The molecule has 4 heteroatoms. The van der Waals surface area contributed by atoms with Gasteiger partial charge in [0.1, 0.15) is 5.69 Å². The Labute approximate surface area is 111 Å². The average Bonchev–Trinajstić information content (AvgIpc) is 2.92. The predicted octanol–water partition coefficient (Wildman–Crippen LogP) is 2.75. The summed E-state index contributed by atoms with van der Waals surface area (Å²) in [6.07, 6.45) is 0.821. The highest BCUT2D eigenvalue weighted by Gasteiger charge is 2.20. The molecule has 1 N–H and O–H groups in total. The van der Waals surface area contributed by atoms with Gasteiger partial charge in [0.25, 0.3) is 0 Å². The summed E-state index contributed by atoms with van der Waals surface area (Å²) in [5.41, 5.74) is 1.95. The van der Waals surface area contributed by atoms with Crippen LogP contribution in [0.15, 0.2) is 42.6 Å². The number of benzene rings is 1. The fourth-order valence-electron chi connectivity index (χ4n) is 1.69. The Kier molecular flexibility index (Phi) is 3.80. The van der Waals surface area contributed by atoms with E-state index in [0.717, 1.165) is 5.56 Å². The normalized spacial score (nSPS) is 11.9. The topological polar surface area (TPSA) is 59.2 Å². The molecule has 0 aliphatic rings. The predicted molar refractivity (Wildman–Crippen MR) is 71.2 cm³/mol. The monoisotopic (exact) mass is 257 g/mol. The summed E-state index contributed by atoms with van der Waals surface area (Å²) < 4.78 is 5.12. The molecule has 0 amide bonds. The Morgan fingerprint density at radius 2 is 1.84 bits per heavy atom. The van der Waals surface area contributed by atoms with Gasteiger partial charge in [-0.05, 0) is 26.0 Å². The van der Waals surface area contributed by atoms with Crippen LogP contribution in [0.2, 0.25) is 0 Å². The zero-order chi connectivity index (χ0) is 13.8. The first-order valence-corrected chi connectivity index (χ1v) is 6.03. The van der Waals surface area contributed by atoms with Crippen LogP contribution < -0.4 is 0 Å². The first-order chi connectivity index (χ1) is 9.08. The zero-order valence-corrected chi connectivity index (χ0v) is 10.8. The molecule has 0 aliphatic heterocycles. The second-order valence-corrected chi connectivity index (χ2v) is 4.36. The lowest BCUT2D eigenvalue weighted by Crippen LogP contribution is -2.24. The van der Waals surface area contributed by atoms with Gasteiger partial charge >= 0.3 is 5.97 Å². The zero-order valence-electron chi connectivity index (χ0n) is 10.8. The van der Waals surface area contributed by atoms with Gasteiger partial charge in [0.15, 0.2) is 6.10 Å². The molecule has 0 saturated heterocycles. The first-order valence-electron chi connectivity index (χ1n) is 6.03. The van der Waals surface area contributed by atoms with Gasteiger partial charge in [-0.3, -0.25) is 4.79 Å². The van der Waals surface area contributed by atoms with Crippen molar-refractivity contribution in [2.45, 2.75) is 20.0 Å². The molecule has 2 rings (SSSR count). The summed E-state index contributed by atoms with van der Waals surface area (Å²) in [6.45, 7) is 3.52. The lowest BCUT2D eigenvalue weighted by Gasteiger charge is -2.11. The van der Waals surface area contributed by atoms with Gasteiger partial charge in [-0.25, -0.2) is 4.79 Å². The minimum absolute atomic E-state index is 0.208. The molecule has 0 bridgehead atoms. The molecule has 1 atom stereocenters. The number of ether oxygens (including phenoxy) is 1. The van der Waals surface area contributed by atoms with E-state index in [4.69, 9.17) is 4.74 Å². The Morgan fingerprint density at radius 3 is 2.42 bits per heavy atom. The summed E-state index contributed by atoms with van der Waals surface area (Å²) in [7, 11) is 0. The van der Waals surface area contributed by atoms with Crippen LogP contribution in [0.4, 0.5) is 0 Å². The molecule has 2 aromatic rings. The number of hydrogen-bond donors (Lipinski definition) is 1. The van der Waals surface area contributed by atoms with Crippen molar-refractivity contribution in [3.63, 3.8) is 0 Å². The smallest absolute Gasteiger partial charge is 0.355 e. The van der Waals surface area contributed by atoms with Gasteiger partial charge in [0.2, 0.25) is 5.78 Å². The van der Waals surface area contributed by atoms with Crippen LogP contribution in [0.1, 0.15) is 33.3 Å². The van der Waals surface area contributed by atoms with Crippen LogP contribution in [-0.4, -0.2) is 22.8 Å². The number of ketones is 1. The molecule has 0 unspecified atom stereocenters. The van der Waals surface area contributed by atoms with Crippen molar-refractivity contribution in [3.8, 4) is 0 Å².